The van der Waals surface area contributed by atoms with Gasteiger partial charge in [0.2, 0.25) is 5.69 Å². The van der Waals surface area contributed by atoms with Gasteiger partial charge in [0, 0.05) is 18.9 Å². The molecule has 22 heavy (non-hydrogen) atoms. The quantitative estimate of drug-likeness (QED) is 0.636. The summed E-state index contributed by atoms with van der Waals surface area (Å²) in [7, 11) is 0. The standard InChI is InChI=1S/C16H14ClN3O2/c1-18-14-8-11(13-9-16(17)20-10-19-13)2-3-15(14)22-12-4-6-21-7-5-12/h2-3,8-10,12H,4-7H2. The molecule has 0 unspecified atom stereocenters. The Labute approximate surface area is 133 Å². The maximum absolute atomic E-state index is 7.36. The van der Waals surface area contributed by atoms with Gasteiger partial charge < -0.3 is 9.47 Å². The van der Waals surface area contributed by atoms with Crippen molar-refractivity contribution in [3.63, 3.8) is 0 Å². The maximum atomic E-state index is 7.36. The minimum atomic E-state index is 0.105. The monoisotopic (exact) mass is 315 g/mol. The molecule has 5 nitrogen and oxygen atoms in total. The molecule has 0 bridgehead atoms. The molecule has 0 radical (unpaired) electrons. The topological polar surface area (TPSA) is 48.6 Å². The Morgan fingerprint density at radius 1 is 1.23 bits per heavy atom. The zero-order chi connectivity index (χ0) is 15.4. The summed E-state index contributed by atoms with van der Waals surface area (Å²) in [6.45, 7) is 8.77. The molecule has 1 aromatic heterocycles. The summed E-state index contributed by atoms with van der Waals surface area (Å²) in [5.41, 5.74) is 1.97. The third kappa shape index (κ3) is 3.35. The Balaban J connectivity index is 1.86. The van der Waals surface area contributed by atoms with Gasteiger partial charge >= 0.3 is 0 Å². The molecule has 0 N–H and O–H groups in total. The second-order valence-corrected chi connectivity index (χ2v) is 5.34. The first-order chi connectivity index (χ1) is 10.8. The van der Waals surface area contributed by atoms with Gasteiger partial charge in [-0.25, -0.2) is 14.8 Å². The Hall–Kier alpha value is -2.16. The molecule has 2 heterocycles. The van der Waals surface area contributed by atoms with E-state index in [0.29, 0.717) is 35.5 Å². The third-order valence-corrected chi connectivity index (χ3v) is 3.68. The SMILES string of the molecule is [C-]#[N+]c1cc(-c2cc(Cl)ncn2)ccc1OC1CCOCC1. The van der Waals surface area contributed by atoms with E-state index in [1.54, 1.807) is 12.1 Å². The van der Waals surface area contributed by atoms with Gasteiger partial charge in [-0.2, -0.15) is 0 Å². The number of halogens is 1. The molecular formula is C16H14ClN3O2. The Kier molecular flexibility index (Phi) is 4.52. The van der Waals surface area contributed by atoms with E-state index in [0.717, 1.165) is 18.4 Å². The number of ether oxygens (including phenoxy) is 2. The van der Waals surface area contributed by atoms with Crippen LogP contribution in [0, 0.1) is 6.57 Å². The molecule has 112 valence electrons. The van der Waals surface area contributed by atoms with Gasteiger partial charge in [-0.15, -0.1) is 0 Å². The molecule has 1 aromatic carbocycles. The van der Waals surface area contributed by atoms with Crippen molar-refractivity contribution in [2.75, 3.05) is 13.2 Å². The van der Waals surface area contributed by atoms with E-state index in [4.69, 9.17) is 27.6 Å². The highest BCUT2D eigenvalue weighted by Crippen LogP contribution is 2.34. The summed E-state index contributed by atoms with van der Waals surface area (Å²) in [6.07, 6.45) is 3.21. The first-order valence-electron chi connectivity index (χ1n) is 7.00. The number of hydrogen-bond donors (Lipinski definition) is 0. The smallest absolute Gasteiger partial charge is 0.228 e. The molecule has 0 saturated carbocycles. The molecule has 0 spiro atoms. The highest BCUT2D eigenvalue weighted by atomic mass is 35.5. The van der Waals surface area contributed by atoms with Crippen LogP contribution in [0.2, 0.25) is 5.15 Å². The molecule has 6 heteroatoms. The average molecular weight is 316 g/mol. The highest BCUT2D eigenvalue weighted by molar-refractivity contribution is 6.29. The van der Waals surface area contributed by atoms with E-state index < -0.39 is 0 Å². The van der Waals surface area contributed by atoms with E-state index in [2.05, 4.69) is 14.8 Å². The van der Waals surface area contributed by atoms with Crippen molar-refractivity contribution in [3.8, 4) is 17.0 Å². The number of rotatable bonds is 3. The van der Waals surface area contributed by atoms with Crippen LogP contribution in [-0.2, 0) is 4.74 Å². The summed E-state index contributed by atoms with van der Waals surface area (Å²) >= 11 is 5.88. The number of hydrogen-bond acceptors (Lipinski definition) is 4. The molecular weight excluding hydrogens is 302 g/mol. The number of aromatic nitrogens is 2. The zero-order valence-corrected chi connectivity index (χ0v) is 12.6. The van der Waals surface area contributed by atoms with Gasteiger partial charge in [0.1, 0.15) is 23.3 Å². The summed E-state index contributed by atoms with van der Waals surface area (Å²) in [4.78, 5) is 11.6. The fourth-order valence-electron chi connectivity index (χ4n) is 2.33. The van der Waals surface area contributed by atoms with Crippen LogP contribution < -0.4 is 4.74 Å². The van der Waals surface area contributed by atoms with E-state index >= 15 is 0 Å². The van der Waals surface area contributed by atoms with Crippen LogP contribution in [0.4, 0.5) is 5.69 Å². The van der Waals surface area contributed by atoms with Gasteiger partial charge in [-0.1, -0.05) is 17.7 Å². The first kappa shape index (κ1) is 14.8. The predicted octanol–water partition coefficient (Wildman–Crippen LogP) is 3.91. The van der Waals surface area contributed by atoms with Crippen LogP contribution in [0.25, 0.3) is 16.1 Å². The van der Waals surface area contributed by atoms with Crippen LogP contribution in [0.5, 0.6) is 5.75 Å². The van der Waals surface area contributed by atoms with Crippen LogP contribution in [0.1, 0.15) is 12.8 Å². The molecule has 1 aliphatic rings. The van der Waals surface area contributed by atoms with Crippen molar-refractivity contribution >= 4 is 17.3 Å². The summed E-state index contributed by atoms with van der Waals surface area (Å²) in [5, 5.41) is 0.372. The molecule has 1 saturated heterocycles. The lowest BCUT2D eigenvalue weighted by Crippen LogP contribution is -2.25. The predicted molar refractivity (Wildman–Crippen MR) is 83.2 cm³/mol. The summed E-state index contributed by atoms with van der Waals surface area (Å²) < 4.78 is 11.3. The minimum Gasteiger partial charge on any atom is -0.501 e. The lowest BCUT2D eigenvalue weighted by atomic mass is 10.1. The van der Waals surface area contributed by atoms with Crippen molar-refractivity contribution in [1.82, 2.24) is 9.97 Å². The fraction of sp³-hybridized carbons (Fsp3) is 0.312. The fourth-order valence-corrected chi connectivity index (χ4v) is 2.48. The average Bonchev–Trinajstić information content (AvgIpc) is 2.56. The summed E-state index contributed by atoms with van der Waals surface area (Å²) in [5.74, 6) is 0.603. The largest absolute Gasteiger partial charge is 0.501 e. The molecule has 0 amide bonds. The van der Waals surface area contributed by atoms with Crippen molar-refractivity contribution < 1.29 is 9.47 Å². The van der Waals surface area contributed by atoms with Gasteiger partial charge in [0.25, 0.3) is 0 Å². The Bertz CT molecular complexity index is 709. The van der Waals surface area contributed by atoms with Crippen molar-refractivity contribution in [1.29, 1.82) is 0 Å². The van der Waals surface area contributed by atoms with Crippen molar-refractivity contribution in [3.05, 3.63) is 47.2 Å². The van der Waals surface area contributed by atoms with Crippen molar-refractivity contribution in [2.24, 2.45) is 0 Å². The first-order valence-corrected chi connectivity index (χ1v) is 7.38. The number of nitrogens with zero attached hydrogens (tertiary/aromatic N) is 3. The molecule has 2 aromatic rings. The van der Waals surface area contributed by atoms with Crippen LogP contribution in [0.3, 0.4) is 0 Å². The van der Waals surface area contributed by atoms with Gasteiger partial charge in [0.05, 0.1) is 25.5 Å². The summed E-state index contributed by atoms with van der Waals surface area (Å²) in [6, 6.07) is 7.13. The lowest BCUT2D eigenvalue weighted by molar-refractivity contribution is 0.0259. The van der Waals surface area contributed by atoms with E-state index in [9.17, 15) is 0 Å². The van der Waals surface area contributed by atoms with Gasteiger partial charge in [-0.3, -0.25) is 0 Å². The zero-order valence-electron chi connectivity index (χ0n) is 11.8. The van der Waals surface area contributed by atoms with Crippen LogP contribution in [0.15, 0.2) is 30.6 Å². The lowest BCUT2D eigenvalue weighted by Gasteiger charge is -2.24. The highest BCUT2D eigenvalue weighted by Gasteiger charge is 2.17. The Morgan fingerprint density at radius 2 is 2.05 bits per heavy atom. The van der Waals surface area contributed by atoms with Gasteiger partial charge in [-0.05, 0) is 17.7 Å². The second-order valence-electron chi connectivity index (χ2n) is 4.95. The Morgan fingerprint density at radius 3 is 2.77 bits per heavy atom. The van der Waals surface area contributed by atoms with Crippen LogP contribution >= 0.6 is 11.6 Å². The van der Waals surface area contributed by atoms with Crippen LogP contribution in [-0.4, -0.2) is 29.3 Å². The molecule has 1 aliphatic heterocycles. The number of benzene rings is 1. The molecule has 1 fully saturated rings. The maximum Gasteiger partial charge on any atom is 0.228 e. The molecule has 0 atom stereocenters. The third-order valence-electron chi connectivity index (χ3n) is 3.47. The van der Waals surface area contributed by atoms with Gasteiger partial charge in [0.15, 0.2) is 0 Å². The molecule has 3 rings (SSSR count). The second kappa shape index (κ2) is 6.73. The minimum absolute atomic E-state index is 0.105. The van der Waals surface area contributed by atoms with E-state index in [-0.39, 0.29) is 6.10 Å². The van der Waals surface area contributed by atoms with E-state index in [1.807, 2.05) is 12.1 Å². The van der Waals surface area contributed by atoms with E-state index in [1.165, 1.54) is 6.33 Å². The van der Waals surface area contributed by atoms with Crippen molar-refractivity contribution in [2.45, 2.75) is 18.9 Å². The molecule has 0 aliphatic carbocycles. The normalized spacial score (nSPS) is 15.3.